The van der Waals surface area contributed by atoms with Gasteiger partial charge >= 0.3 is 0 Å². The van der Waals surface area contributed by atoms with E-state index in [9.17, 15) is 4.79 Å². The highest BCUT2D eigenvalue weighted by Gasteiger charge is 2.16. The molecule has 0 atom stereocenters. The lowest BCUT2D eigenvalue weighted by Gasteiger charge is -2.06. The van der Waals surface area contributed by atoms with Gasteiger partial charge in [-0.05, 0) is 12.1 Å². The number of H-pyrrole nitrogens is 1. The summed E-state index contributed by atoms with van der Waals surface area (Å²) in [6, 6.07) is 9.46. The van der Waals surface area contributed by atoms with Crippen LogP contribution in [-0.4, -0.2) is 9.97 Å². The van der Waals surface area contributed by atoms with Crippen LogP contribution in [0.1, 0.15) is 17.1 Å². The molecule has 3 rings (SSSR count). The third-order valence-electron chi connectivity index (χ3n) is 2.86. The van der Waals surface area contributed by atoms with Gasteiger partial charge in [-0.25, -0.2) is 4.98 Å². The lowest BCUT2D eigenvalue weighted by Crippen LogP contribution is -2.18. The molecule has 0 saturated heterocycles. The van der Waals surface area contributed by atoms with E-state index in [1.54, 1.807) is 0 Å². The molecule has 0 unspecified atom stereocenters. The van der Waals surface area contributed by atoms with Crippen molar-refractivity contribution in [2.45, 2.75) is 19.7 Å². The summed E-state index contributed by atoms with van der Waals surface area (Å²) in [6.45, 7) is 1.52. The zero-order valence-corrected chi connectivity index (χ0v) is 9.77. The molecular formula is C13H13N3O2. The van der Waals surface area contributed by atoms with Gasteiger partial charge in [-0.15, -0.1) is 0 Å². The monoisotopic (exact) mass is 243 g/mol. The summed E-state index contributed by atoms with van der Waals surface area (Å²) in [5.41, 5.74) is 1.49. The Bertz CT molecular complexity index is 607. The molecule has 0 spiro atoms. The van der Waals surface area contributed by atoms with Crippen molar-refractivity contribution in [3.8, 4) is 5.75 Å². The topological polar surface area (TPSA) is 67.0 Å². The second kappa shape index (κ2) is 4.62. The number of para-hydroxylation sites is 1. The van der Waals surface area contributed by atoms with Gasteiger partial charge < -0.3 is 15.0 Å². The van der Waals surface area contributed by atoms with Crippen LogP contribution in [0.5, 0.6) is 5.75 Å². The number of aromatic nitrogens is 2. The molecular weight excluding hydrogens is 230 g/mol. The van der Waals surface area contributed by atoms with E-state index in [1.165, 1.54) is 0 Å². The predicted molar refractivity (Wildman–Crippen MR) is 66.2 cm³/mol. The van der Waals surface area contributed by atoms with Gasteiger partial charge in [-0.1, -0.05) is 18.2 Å². The molecule has 1 aromatic heterocycles. The number of hydrogen-bond donors (Lipinski definition) is 2. The maximum atomic E-state index is 11.8. The van der Waals surface area contributed by atoms with Crippen LogP contribution in [0.25, 0.3) is 0 Å². The Hall–Kier alpha value is -2.14. The summed E-state index contributed by atoms with van der Waals surface area (Å²) in [5, 5.41) is 3.11. The molecule has 0 fully saturated rings. The fourth-order valence-corrected chi connectivity index (χ4v) is 1.97. The summed E-state index contributed by atoms with van der Waals surface area (Å²) < 4.78 is 5.55. The maximum Gasteiger partial charge on any atom is 0.255 e. The molecule has 1 aliphatic rings. The van der Waals surface area contributed by atoms with Crippen molar-refractivity contribution in [1.82, 2.24) is 15.3 Å². The van der Waals surface area contributed by atoms with Gasteiger partial charge in [-0.2, -0.15) is 0 Å². The summed E-state index contributed by atoms with van der Waals surface area (Å²) in [6.07, 6.45) is 0. The molecule has 18 heavy (non-hydrogen) atoms. The van der Waals surface area contributed by atoms with Gasteiger partial charge in [0.25, 0.3) is 5.56 Å². The van der Waals surface area contributed by atoms with Crippen LogP contribution in [0.15, 0.2) is 35.1 Å². The van der Waals surface area contributed by atoms with E-state index in [-0.39, 0.29) is 12.2 Å². The Labute approximate surface area is 104 Å². The van der Waals surface area contributed by atoms with E-state index in [4.69, 9.17) is 4.74 Å². The second-order valence-corrected chi connectivity index (χ2v) is 4.14. The minimum absolute atomic E-state index is 0.0725. The normalized spacial score (nSPS) is 13.3. The number of nitrogens with zero attached hydrogens (tertiary/aromatic N) is 1. The number of benzene rings is 1. The number of ether oxygens (including phenoxy) is 1. The predicted octanol–water partition coefficient (Wildman–Crippen LogP) is 0.952. The number of fused-ring (bicyclic) bond motifs is 1. The highest BCUT2D eigenvalue weighted by atomic mass is 16.5. The van der Waals surface area contributed by atoms with E-state index in [0.29, 0.717) is 18.9 Å². The minimum Gasteiger partial charge on any atom is -0.486 e. The van der Waals surface area contributed by atoms with Crippen LogP contribution in [0, 0.1) is 0 Å². The summed E-state index contributed by atoms with van der Waals surface area (Å²) >= 11 is 0. The Kier molecular flexibility index (Phi) is 2.82. The molecule has 0 bridgehead atoms. The van der Waals surface area contributed by atoms with E-state index < -0.39 is 0 Å². The van der Waals surface area contributed by atoms with Crippen LogP contribution in [0.2, 0.25) is 0 Å². The van der Waals surface area contributed by atoms with Gasteiger partial charge in [-0.3, -0.25) is 4.79 Å². The number of hydrogen-bond acceptors (Lipinski definition) is 4. The van der Waals surface area contributed by atoms with Crippen LogP contribution < -0.4 is 15.6 Å². The fourth-order valence-electron chi connectivity index (χ4n) is 1.97. The molecule has 92 valence electrons. The molecule has 2 heterocycles. The Morgan fingerprint density at radius 1 is 1.22 bits per heavy atom. The van der Waals surface area contributed by atoms with Crippen LogP contribution in [-0.2, 0) is 19.7 Å². The van der Waals surface area contributed by atoms with Crippen LogP contribution in [0.4, 0.5) is 0 Å². The molecule has 0 radical (unpaired) electrons. The summed E-state index contributed by atoms with van der Waals surface area (Å²) in [4.78, 5) is 18.9. The zero-order chi connectivity index (χ0) is 12.4. The zero-order valence-electron chi connectivity index (χ0n) is 9.77. The number of aromatic amines is 1. The maximum absolute atomic E-state index is 11.8. The number of nitrogens with one attached hydrogen (secondary N) is 2. The lowest BCUT2D eigenvalue weighted by molar-refractivity contribution is 0.295. The molecule has 0 aliphatic carbocycles. The van der Waals surface area contributed by atoms with Gasteiger partial charge in [0.05, 0.1) is 11.3 Å². The summed E-state index contributed by atoms with van der Waals surface area (Å²) in [5.74, 6) is 1.32. The van der Waals surface area contributed by atoms with Crippen molar-refractivity contribution in [3.63, 3.8) is 0 Å². The standard InChI is InChI=1S/C13H13N3O2/c17-13-10-6-14-7-11(10)15-12(16-13)8-18-9-4-2-1-3-5-9/h1-5,14H,6-8H2,(H,15,16,17). The molecule has 2 aromatic rings. The quantitative estimate of drug-likeness (QED) is 0.842. The third kappa shape index (κ3) is 2.12. The van der Waals surface area contributed by atoms with Crippen molar-refractivity contribution < 1.29 is 4.74 Å². The average Bonchev–Trinajstić information content (AvgIpc) is 2.86. The molecule has 0 amide bonds. The average molecular weight is 243 g/mol. The van der Waals surface area contributed by atoms with Gasteiger partial charge in [0, 0.05) is 13.1 Å². The molecule has 1 aromatic carbocycles. The van der Waals surface area contributed by atoms with Gasteiger partial charge in [0.2, 0.25) is 0 Å². The fraction of sp³-hybridized carbons (Fsp3) is 0.231. The molecule has 1 aliphatic heterocycles. The number of rotatable bonds is 3. The highest BCUT2D eigenvalue weighted by Crippen LogP contribution is 2.11. The molecule has 0 saturated carbocycles. The Balaban J connectivity index is 1.78. The van der Waals surface area contributed by atoms with E-state index in [1.807, 2.05) is 30.3 Å². The van der Waals surface area contributed by atoms with Crippen LogP contribution >= 0.6 is 0 Å². The van der Waals surface area contributed by atoms with E-state index in [2.05, 4.69) is 15.3 Å². The molecule has 5 nitrogen and oxygen atoms in total. The second-order valence-electron chi connectivity index (χ2n) is 4.14. The first-order valence-electron chi connectivity index (χ1n) is 5.82. The summed E-state index contributed by atoms with van der Waals surface area (Å²) in [7, 11) is 0. The first-order chi connectivity index (χ1) is 8.83. The molecule has 2 N–H and O–H groups in total. The Morgan fingerprint density at radius 2 is 2.06 bits per heavy atom. The SMILES string of the molecule is O=c1[nH]c(COc2ccccc2)nc2c1CNC2. The van der Waals surface area contributed by atoms with Crippen molar-refractivity contribution in [2.75, 3.05) is 0 Å². The van der Waals surface area contributed by atoms with Crippen LogP contribution in [0.3, 0.4) is 0 Å². The lowest BCUT2D eigenvalue weighted by atomic mass is 10.3. The Morgan fingerprint density at radius 3 is 2.89 bits per heavy atom. The largest absolute Gasteiger partial charge is 0.486 e. The smallest absolute Gasteiger partial charge is 0.255 e. The first kappa shape index (κ1) is 11.0. The first-order valence-corrected chi connectivity index (χ1v) is 5.82. The van der Waals surface area contributed by atoms with E-state index in [0.717, 1.165) is 17.0 Å². The minimum atomic E-state index is -0.0725. The third-order valence-corrected chi connectivity index (χ3v) is 2.86. The van der Waals surface area contributed by atoms with Crippen molar-refractivity contribution in [3.05, 3.63) is 57.8 Å². The van der Waals surface area contributed by atoms with E-state index >= 15 is 0 Å². The van der Waals surface area contributed by atoms with Gasteiger partial charge in [0.1, 0.15) is 18.2 Å². The highest BCUT2D eigenvalue weighted by molar-refractivity contribution is 5.23. The van der Waals surface area contributed by atoms with Gasteiger partial charge in [0.15, 0.2) is 0 Å². The van der Waals surface area contributed by atoms with Crippen molar-refractivity contribution in [2.24, 2.45) is 0 Å². The molecule has 5 heteroatoms. The van der Waals surface area contributed by atoms with Crippen molar-refractivity contribution >= 4 is 0 Å². The van der Waals surface area contributed by atoms with Crippen molar-refractivity contribution in [1.29, 1.82) is 0 Å².